The maximum atomic E-state index is 13.2. The van der Waals surface area contributed by atoms with Crippen molar-refractivity contribution in [3.05, 3.63) is 81.9 Å². The third-order valence-electron chi connectivity index (χ3n) is 3.86. The van der Waals surface area contributed by atoms with Gasteiger partial charge in [-0.15, -0.1) is 0 Å². The van der Waals surface area contributed by atoms with Gasteiger partial charge >= 0.3 is 0 Å². The van der Waals surface area contributed by atoms with E-state index in [0.29, 0.717) is 16.0 Å². The van der Waals surface area contributed by atoms with E-state index in [-0.39, 0.29) is 11.9 Å². The molecule has 0 saturated carbocycles. The molecule has 3 aromatic rings. The smallest absolute Gasteiger partial charge is 0.226 e. The van der Waals surface area contributed by atoms with Gasteiger partial charge in [-0.3, -0.25) is 0 Å². The molecule has 0 saturated heterocycles. The predicted molar refractivity (Wildman–Crippen MR) is 92.6 cm³/mol. The minimum Gasteiger partial charge on any atom is -0.324 e. The summed E-state index contributed by atoms with van der Waals surface area (Å²) in [5.41, 5.74) is 2.36. The molecule has 0 aliphatic carbocycles. The van der Waals surface area contributed by atoms with E-state index in [4.69, 9.17) is 23.2 Å². The average molecular weight is 361 g/mol. The van der Waals surface area contributed by atoms with Gasteiger partial charge in [0.15, 0.2) is 0 Å². The van der Waals surface area contributed by atoms with Crippen LogP contribution in [0.2, 0.25) is 10.0 Å². The quantitative estimate of drug-likeness (QED) is 0.714. The van der Waals surface area contributed by atoms with Gasteiger partial charge in [0, 0.05) is 21.3 Å². The maximum Gasteiger partial charge on any atom is 0.226 e. The highest BCUT2D eigenvalue weighted by Crippen LogP contribution is 2.38. The third-order valence-corrected chi connectivity index (χ3v) is 4.52. The fraction of sp³-hybridized carbons (Fsp3) is 0.0588. The Balaban J connectivity index is 1.87. The lowest BCUT2D eigenvalue weighted by atomic mass is 10.0. The van der Waals surface area contributed by atoms with Gasteiger partial charge in [-0.2, -0.15) is 10.1 Å². The minimum absolute atomic E-state index is 0.288. The van der Waals surface area contributed by atoms with Crippen LogP contribution in [0.5, 0.6) is 0 Å². The minimum atomic E-state index is -0.315. The lowest BCUT2D eigenvalue weighted by Crippen LogP contribution is -2.20. The lowest BCUT2D eigenvalue weighted by molar-refractivity contribution is 0.612. The van der Waals surface area contributed by atoms with Crippen molar-refractivity contribution >= 4 is 34.8 Å². The van der Waals surface area contributed by atoms with E-state index in [0.717, 1.165) is 16.8 Å². The Kier molecular flexibility index (Phi) is 3.75. The zero-order valence-corrected chi connectivity index (χ0v) is 13.8. The number of aromatic nitrogens is 3. The molecule has 1 aromatic heterocycles. The van der Waals surface area contributed by atoms with Gasteiger partial charge in [-0.1, -0.05) is 29.3 Å². The van der Waals surface area contributed by atoms with Crippen LogP contribution in [0.1, 0.15) is 17.2 Å². The Morgan fingerprint density at radius 2 is 1.75 bits per heavy atom. The molecule has 0 fully saturated rings. The first-order valence-electron chi connectivity index (χ1n) is 7.21. The summed E-state index contributed by atoms with van der Waals surface area (Å²) in [5, 5.41) is 8.55. The lowest BCUT2D eigenvalue weighted by Gasteiger charge is -2.25. The van der Waals surface area contributed by atoms with Crippen molar-refractivity contribution in [1.82, 2.24) is 14.8 Å². The Labute approximate surface area is 147 Å². The summed E-state index contributed by atoms with van der Waals surface area (Å²) in [6.45, 7) is 0. The van der Waals surface area contributed by atoms with Gasteiger partial charge in [-0.25, -0.2) is 9.07 Å². The van der Waals surface area contributed by atoms with E-state index < -0.39 is 0 Å². The monoisotopic (exact) mass is 360 g/mol. The second-order valence-corrected chi connectivity index (χ2v) is 6.14. The largest absolute Gasteiger partial charge is 0.324 e. The van der Waals surface area contributed by atoms with Crippen LogP contribution in [0.25, 0.3) is 5.70 Å². The first kappa shape index (κ1) is 15.2. The van der Waals surface area contributed by atoms with E-state index in [1.54, 1.807) is 35.0 Å². The maximum absolute atomic E-state index is 13.2. The number of nitrogens with zero attached hydrogens (tertiary/aromatic N) is 3. The van der Waals surface area contributed by atoms with Gasteiger partial charge < -0.3 is 5.32 Å². The topological polar surface area (TPSA) is 42.7 Å². The number of rotatable bonds is 2. The van der Waals surface area contributed by atoms with Crippen LogP contribution in [-0.2, 0) is 0 Å². The highest BCUT2D eigenvalue weighted by Gasteiger charge is 2.26. The summed E-state index contributed by atoms with van der Waals surface area (Å²) in [6.07, 6.45) is 3.41. The second-order valence-electron chi connectivity index (χ2n) is 5.32. The zero-order valence-electron chi connectivity index (χ0n) is 12.2. The highest BCUT2D eigenvalue weighted by molar-refractivity contribution is 6.36. The fourth-order valence-electron chi connectivity index (χ4n) is 2.73. The Morgan fingerprint density at radius 3 is 2.46 bits per heavy atom. The van der Waals surface area contributed by atoms with Crippen LogP contribution < -0.4 is 5.32 Å². The summed E-state index contributed by atoms with van der Waals surface area (Å²) >= 11 is 12.7. The summed E-state index contributed by atoms with van der Waals surface area (Å²) in [7, 11) is 0. The molecule has 1 unspecified atom stereocenters. The van der Waals surface area contributed by atoms with Crippen LogP contribution in [0, 0.1) is 5.82 Å². The van der Waals surface area contributed by atoms with Crippen LogP contribution in [0.3, 0.4) is 0 Å². The van der Waals surface area contributed by atoms with E-state index in [2.05, 4.69) is 15.4 Å². The van der Waals surface area contributed by atoms with Crippen LogP contribution in [-0.4, -0.2) is 14.8 Å². The standard InChI is InChI=1S/C17H11Cl2FN4/c18-12-2-1-3-13(19)16(12)15-8-14(10-4-6-11(20)7-5-10)23-17-21-9-22-24(15)17/h1-9,15H,(H,21,22,23). The highest BCUT2D eigenvalue weighted by atomic mass is 35.5. The molecule has 1 aliphatic rings. The summed E-state index contributed by atoms with van der Waals surface area (Å²) in [5.74, 6) is 0.279. The fourth-order valence-corrected chi connectivity index (χ4v) is 3.35. The van der Waals surface area contributed by atoms with Crippen molar-refractivity contribution in [1.29, 1.82) is 0 Å². The molecule has 2 heterocycles. The van der Waals surface area contributed by atoms with Crippen molar-refractivity contribution in [3.8, 4) is 0 Å². The Hall–Kier alpha value is -2.37. The van der Waals surface area contributed by atoms with E-state index in [1.165, 1.54) is 18.5 Å². The molecule has 120 valence electrons. The summed E-state index contributed by atoms with van der Waals surface area (Å²) in [6, 6.07) is 11.3. The third kappa shape index (κ3) is 2.56. The molecular weight excluding hydrogens is 350 g/mol. The molecule has 24 heavy (non-hydrogen) atoms. The van der Waals surface area contributed by atoms with Gasteiger partial charge in [0.05, 0.1) is 0 Å². The van der Waals surface area contributed by atoms with Crippen molar-refractivity contribution in [2.75, 3.05) is 5.32 Å². The van der Waals surface area contributed by atoms with Gasteiger partial charge in [-0.05, 0) is 48.0 Å². The molecule has 2 aromatic carbocycles. The van der Waals surface area contributed by atoms with E-state index in [9.17, 15) is 4.39 Å². The number of hydrogen-bond donors (Lipinski definition) is 1. The average Bonchev–Trinajstić information content (AvgIpc) is 3.04. The molecular formula is C17H11Cl2FN4. The molecule has 0 amide bonds. The van der Waals surface area contributed by atoms with Crippen molar-refractivity contribution < 1.29 is 4.39 Å². The number of benzene rings is 2. The molecule has 4 nitrogen and oxygen atoms in total. The van der Waals surface area contributed by atoms with Crippen molar-refractivity contribution in [3.63, 3.8) is 0 Å². The normalized spacial score (nSPS) is 16.3. The van der Waals surface area contributed by atoms with Crippen LogP contribution >= 0.6 is 23.2 Å². The van der Waals surface area contributed by atoms with E-state index >= 15 is 0 Å². The van der Waals surface area contributed by atoms with Crippen LogP contribution in [0.4, 0.5) is 10.3 Å². The van der Waals surface area contributed by atoms with Gasteiger partial charge in [0.25, 0.3) is 0 Å². The van der Waals surface area contributed by atoms with E-state index in [1.807, 2.05) is 6.08 Å². The molecule has 1 aliphatic heterocycles. The SMILES string of the molecule is Fc1ccc(C2=CC(c3c(Cl)cccc3Cl)n3ncnc3N2)cc1. The number of anilines is 1. The zero-order chi connectivity index (χ0) is 16.7. The number of hydrogen-bond acceptors (Lipinski definition) is 3. The summed E-state index contributed by atoms with van der Waals surface area (Å²) in [4.78, 5) is 4.22. The molecule has 1 N–H and O–H groups in total. The molecule has 0 radical (unpaired) electrons. The van der Waals surface area contributed by atoms with Crippen LogP contribution in [0.15, 0.2) is 54.9 Å². The second kappa shape index (κ2) is 5.92. The number of halogens is 3. The Bertz CT molecular complexity index is 914. The summed E-state index contributed by atoms with van der Waals surface area (Å²) < 4.78 is 14.9. The first-order valence-corrected chi connectivity index (χ1v) is 7.97. The molecule has 0 spiro atoms. The first-order chi connectivity index (χ1) is 11.6. The Morgan fingerprint density at radius 1 is 1.04 bits per heavy atom. The van der Waals surface area contributed by atoms with Gasteiger partial charge in [0.2, 0.25) is 5.95 Å². The number of fused-ring (bicyclic) bond motifs is 1. The van der Waals surface area contributed by atoms with Crippen molar-refractivity contribution in [2.45, 2.75) is 6.04 Å². The van der Waals surface area contributed by atoms with Crippen molar-refractivity contribution in [2.24, 2.45) is 0 Å². The number of allylic oxidation sites excluding steroid dienone is 1. The molecule has 4 rings (SSSR count). The van der Waals surface area contributed by atoms with Gasteiger partial charge in [0.1, 0.15) is 18.2 Å². The predicted octanol–water partition coefficient (Wildman–Crippen LogP) is 4.78. The number of nitrogens with one attached hydrogen (secondary N) is 1. The molecule has 7 heteroatoms. The molecule has 0 bridgehead atoms. The molecule has 1 atom stereocenters.